The van der Waals surface area contributed by atoms with E-state index in [0.29, 0.717) is 0 Å². The standard InChI is InChI=1S/C4H6O3S/c5-1-4-7-2-3(6)8-4/h4-5H,1-2H2. The van der Waals surface area contributed by atoms with Gasteiger partial charge >= 0.3 is 0 Å². The molecule has 8 heavy (non-hydrogen) atoms. The molecule has 0 bridgehead atoms. The second kappa shape index (κ2) is 2.48. The van der Waals surface area contributed by atoms with E-state index in [9.17, 15) is 4.79 Å². The maximum Gasteiger partial charge on any atom is 0.217 e. The van der Waals surface area contributed by atoms with Crippen LogP contribution < -0.4 is 0 Å². The lowest BCUT2D eigenvalue weighted by molar-refractivity contribution is -0.113. The Labute approximate surface area is 51.0 Å². The summed E-state index contributed by atoms with van der Waals surface area (Å²) in [6.45, 7) is 0.0757. The van der Waals surface area contributed by atoms with E-state index in [1.165, 1.54) is 0 Å². The Morgan fingerprint density at radius 2 is 2.75 bits per heavy atom. The largest absolute Gasteiger partial charge is 0.393 e. The normalized spacial score (nSPS) is 29.1. The van der Waals surface area contributed by atoms with Gasteiger partial charge in [-0.2, -0.15) is 0 Å². The number of hydrogen-bond donors (Lipinski definition) is 1. The van der Waals surface area contributed by atoms with Gasteiger partial charge in [0.05, 0.1) is 6.61 Å². The van der Waals surface area contributed by atoms with Crippen molar-refractivity contribution in [3.05, 3.63) is 0 Å². The van der Waals surface area contributed by atoms with Gasteiger partial charge in [0, 0.05) is 0 Å². The van der Waals surface area contributed by atoms with Crippen molar-refractivity contribution in [3.63, 3.8) is 0 Å². The maximum absolute atomic E-state index is 10.3. The summed E-state index contributed by atoms with van der Waals surface area (Å²) in [6.07, 6.45) is 0. The van der Waals surface area contributed by atoms with Crippen LogP contribution in [-0.4, -0.2) is 28.9 Å². The number of carbonyl (C=O) groups is 1. The van der Waals surface area contributed by atoms with Gasteiger partial charge in [-0.25, -0.2) is 0 Å². The highest BCUT2D eigenvalue weighted by molar-refractivity contribution is 8.14. The van der Waals surface area contributed by atoms with Crippen LogP contribution in [0.4, 0.5) is 0 Å². The summed E-state index contributed by atoms with van der Waals surface area (Å²) in [7, 11) is 0. The molecule has 1 N–H and O–H groups in total. The van der Waals surface area contributed by atoms with Crippen molar-refractivity contribution in [2.24, 2.45) is 0 Å². The molecule has 0 radical (unpaired) electrons. The van der Waals surface area contributed by atoms with Crippen molar-refractivity contribution in [3.8, 4) is 0 Å². The molecule has 0 aromatic carbocycles. The van der Waals surface area contributed by atoms with Gasteiger partial charge in [-0.1, -0.05) is 11.8 Å². The first-order chi connectivity index (χ1) is 3.83. The average molecular weight is 134 g/mol. The van der Waals surface area contributed by atoms with E-state index in [1.54, 1.807) is 0 Å². The number of carbonyl (C=O) groups excluding carboxylic acids is 1. The van der Waals surface area contributed by atoms with E-state index in [2.05, 4.69) is 0 Å². The van der Waals surface area contributed by atoms with Crippen molar-refractivity contribution in [2.45, 2.75) is 5.44 Å². The van der Waals surface area contributed by atoms with Crippen molar-refractivity contribution in [1.82, 2.24) is 0 Å². The molecule has 3 nitrogen and oxygen atoms in total. The maximum atomic E-state index is 10.3. The van der Waals surface area contributed by atoms with Gasteiger partial charge in [-0.05, 0) is 0 Å². The molecular weight excluding hydrogens is 128 g/mol. The molecule has 0 amide bonds. The molecule has 0 aliphatic carbocycles. The minimum Gasteiger partial charge on any atom is -0.393 e. The van der Waals surface area contributed by atoms with E-state index in [0.717, 1.165) is 11.8 Å². The second-order valence-electron chi connectivity index (χ2n) is 1.41. The van der Waals surface area contributed by atoms with Crippen LogP contribution in [-0.2, 0) is 9.53 Å². The minimum absolute atomic E-state index is 0.00375. The lowest BCUT2D eigenvalue weighted by Gasteiger charge is -1.98. The predicted octanol–water partition coefficient (Wildman–Crippen LogP) is -0.405. The fourth-order valence-electron chi connectivity index (χ4n) is 0.466. The zero-order chi connectivity index (χ0) is 5.98. The molecule has 0 aromatic heterocycles. The summed E-state index contributed by atoms with van der Waals surface area (Å²) in [5.74, 6) is 0. The topological polar surface area (TPSA) is 46.5 Å². The SMILES string of the molecule is O=C1COC(CO)S1. The smallest absolute Gasteiger partial charge is 0.217 e. The van der Waals surface area contributed by atoms with E-state index < -0.39 is 0 Å². The molecule has 1 aliphatic rings. The van der Waals surface area contributed by atoms with Gasteiger partial charge < -0.3 is 9.84 Å². The first-order valence-electron chi connectivity index (χ1n) is 2.25. The molecule has 0 saturated carbocycles. The van der Waals surface area contributed by atoms with Gasteiger partial charge in [0.15, 0.2) is 0 Å². The first-order valence-corrected chi connectivity index (χ1v) is 3.13. The van der Waals surface area contributed by atoms with Crippen molar-refractivity contribution >= 4 is 16.9 Å². The van der Waals surface area contributed by atoms with Crippen LogP contribution in [0.3, 0.4) is 0 Å². The fourth-order valence-corrected chi connectivity index (χ4v) is 1.11. The number of rotatable bonds is 1. The lowest BCUT2D eigenvalue weighted by Crippen LogP contribution is -2.05. The molecule has 1 unspecified atom stereocenters. The molecular formula is C4H6O3S. The third-order valence-electron chi connectivity index (χ3n) is 0.799. The average Bonchev–Trinajstić information content (AvgIpc) is 2.14. The Balaban J connectivity index is 2.32. The summed E-state index contributed by atoms with van der Waals surface area (Å²) in [5.41, 5.74) is -0.303. The van der Waals surface area contributed by atoms with E-state index in [-0.39, 0.29) is 23.8 Å². The molecule has 46 valence electrons. The first kappa shape index (κ1) is 6.07. The second-order valence-corrected chi connectivity index (χ2v) is 2.63. The van der Waals surface area contributed by atoms with E-state index >= 15 is 0 Å². The van der Waals surface area contributed by atoms with E-state index in [4.69, 9.17) is 9.84 Å². The third kappa shape index (κ3) is 1.21. The van der Waals surface area contributed by atoms with Gasteiger partial charge in [-0.3, -0.25) is 4.79 Å². The van der Waals surface area contributed by atoms with Gasteiger partial charge in [0.2, 0.25) is 5.12 Å². The van der Waals surface area contributed by atoms with Crippen LogP contribution in [0.2, 0.25) is 0 Å². The summed E-state index contributed by atoms with van der Waals surface area (Å²) in [6, 6.07) is 0. The van der Waals surface area contributed by atoms with Crippen LogP contribution in [0.25, 0.3) is 0 Å². The van der Waals surface area contributed by atoms with E-state index in [1.807, 2.05) is 0 Å². The van der Waals surface area contributed by atoms with Crippen LogP contribution >= 0.6 is 11.8 Å². The Kier molecular flexibility index (Phi) is 1.88. The lowest BCUT2D eigenvalue weighted by atomic mass is 10.7. The van der Waals surface area contributed by atoms with Crippen molar-refractivity contribution < 1.29 is 14.6 Å². The molecule has 1 rings (SSSR count). The zero-order valence-corrected chi connectivity index (χ0v) is 4.98. The molecule has 1 saturated heterocycles. The molecule has 0 spiro atoms. The molecule has 1 heterocycles. The molecule has 1 atom stereocenters. The highest BCUT2D eigenvalue weighted by Crippen LogP contribution is 2.19. The third-order valence-corrected chi connectivity index (χ3v) is 1.73. The number of aliphatic hydroxyl groups is 1. The van der Waals surface area contributed by atoms with Crippen LogP contribution in [0.5, 0.6) is 0 Å². The summed E-state index contributed by atoms with van der Waals surface area (Å²) < 4.78 is 4.78. The van der Waals surface area contributed by atoms with Crippen LogP contribution in [0.15, 0.2) is 0 Å². The van der Waals surface area contributed by atoms with Gasteiger partial charge in [0.1, 0.15) is 12.0 Å². The Morgan fingerprint density at radius 1 is 2.00 bits per heavy atom. The molecule has 1 fully saturated rings. The highest BCUT2D eigenvalue weighted by Gasteiger charge is 2.22. The Bertz CT molecular complexity index is 103. The Hall–Kier alpha value is -0.0600. The van der Waals surface area contributed by atoms with Crippen molar-refractivity contribution in [2.75, 3.05) is 13.2 Å². The summed E-state index contributed by atoms with van der Waals surface area (Å²) >= 11 is 1.05. The van der Waals surface area contributed by atoms with Crippen LogP contribution in [0, 0.1) is 0 Å². The number of ether oxygens (including phenoxy) is 1. The molecule has 4 heteroatoms. The highest BCUT2D eigenvalue weighted by atomic mass is 32.2. The Morgan fingerprint density at radius 3 is 3.00 bits per heavy atom. The summed E-state index contributed by atoms with van der Waals surface area (Å²) in [5, 5.41) is 8.39. The number of thioether (sulfide) groups is 1. The summed E-state index contributed by atoms with van der Waals surface area (Å²) in [4.78, 5) is 10.3. The van der Waals surface area contributed by atoms with Crippen LogP contribution in [0.1, 0.15) is 0 Å². The fraction of sp³-hybridized carbons (Fsp3) is 0.750. The predicted molar refractivity (Wildman–Crippen MR) is 29.4 cm³/mol. The molecule has 1 aliphatic heterocycles. The quantitative estimate of drug-likeness (QED) is 0.530. The zero-order valence-electron chi connectivity index (χ0n) is 4.16. The number of aliphatic hydroxyl groups excluding tert-OH is 1. The van der Waals surface area contributed by atoms with Gasteiger partial charge in [-0.15, -0.1) is 0 Å². The molecule has 0 aromatic rings. The van der Waals surface area contributed by atoms with Gasteiger partial charge in [0.25, 0.3) is 0 Å². The van der Waals surface area contributed by atoms with Crippen molar-refractivity contribution in [1.29, 1.82) is 0 Å². The minimum atomic E-state index is -0.303. The number of hydrogen-bond acceptors (Lipinski definition) is 4. The monoisotopic (exact) mass is 134 g/mol.